The van der Waals surface area contributed by atoms with Gasteiger partial charge < -0.3 is 0 Å². The summed E-state index contributed by atoms with van der Waals surface area (Å²) in [6, 6.07) is 12.6. The van der Waals surface area contributed by atoms with E-state index in [1.165, 1.54) is 6.07 Å². The minimum absolute atomic E-state index is 0.00733. The van der Waals surface area contributed by atoms with Crippen LogP contribution in [0.1, 0.15) is 10.4 Å². The Hall–Kier alpha value is -2.62. The molecule has 0 aliphatic rings. The molecule has 4 heteroatoms. The summed E-state index contributed by atoms with van der Waals surface area (Å²) in [7, 11) is 0. The third-order valence-corrected chi connectivity index (χ3v) is 3.30. The SMILES string of the molecule is O=C(C[n+]1ccc2ccccc2c1)c1ccc(F)cc1F. The van der Waals surface area contributed by atoms with E-state index in [0.717, 1.165) is 22.9 Å². The highest BCUT2D eigenvalue weighted by molar-refractivity contribution is 5.95. The molecule has 0 amide bonds. The maximum Gasteiger partial charge on any atom is 0.230 e. The summed E-state index contributed by atoms with van der Waals surface area (Å²) in [5.74, 6) is -1.92. The maximum atomic E-state index is 13.6. The van der Waals surface area contributed by atoms with E-state index in [-0.39, 0.29) is 12.1 Å². The Bertz CT molecular complexity index is 830. The highest BCUT2D eigenvalue weighted by atomic mass is 19.1. The van der Waals surface area contributed by atoms with E-state index < -0.39 is 17.4 Å². The molecule has 0 unspecified atom stereocenters. The molecule has 2 aromatic carbocycles. The molecule has 0 atom stereocenters. The first-order valence-corrected chi connectivity index (χ1v) is 6.49. The second-order valence-corrected chi connectivity index (χ2v) is 4.79. The zero-order valence-electron chi connectivity index (χ0n) is 11.1. The Morgan fingerprint density at radius 2 is 1.76 bits per heavy atom. The Morgan fingerprint density at radius 1 is 1.00 bits per heavy atom. The molecule has 0 saturated heterocycles. The van der Waals surface area contributed by atoms with E-state index in [9.17, 15) is 13.6 Å². The molecule has 0 radical (unpaired) electrons. The van der Waals surface area contributed by atoms with Gasteiger partial charge in [-0.3, -0.25) is 4.79 Å². The molecule has 0 spiro atoms. The Balaban J connectivity index is 1.89. The number of rotatable bonds is 3. The van der Waals surface area contributed by atoms with Gasteiger partial charge in [-0.2, -0.15) is 4.57 Å². The lowest BCUT2D eigenvalue weighted by molar-refractivity contribution is -0.681. The second kappa shape index (κ2) is 5.40. The number of benzene rings is 2. The molecule has 104 valence electrons. The smallest absolute Gasteiger partial charge is 0.230 e. The van der Waals surface area contributed by atoms with Crippen molar-refractivity contribution in [3.05, 3.63) is 78.1 Å². The van der Waals surface area contributed by atoms with Gasteiger partial charge in [0.2, 0.25) is 12.3 Å². The van der Waals surface area contributed by atoms with E-state index in [2.05, 4.69) is 0 Å². The van der Waals surface area contributed by atoms with Crippen molar-refractivity contribution < 1.29 is 18.1 Å². The quantitative estimate of drug-likeness (QED) is 0.534. The van der Waals surface area contributed by atoms with Gasteiger partial charge in [-0.1, -0.05) is 18.2 Å². The molecule has 0 N–H and O–H groups in total. The topological polar surface area (TPSA) is 20.9 Å². The lowest BCUT2D eigenvalue weighted by Crippen LogP contribution is -2.37. The first kappa shape index (κ1) is 13.4. The van der Waals surface area contributed by atoms with Gasteiger partial charge in [-0.25, -0.2) is 8.78 Å². The fourth-order valence-electron chi connectivity index (χ4n) is 2.24. The van der Waals surface area contributed by atoms with Gasteiger partial charge in [-0.05, 0) is 23.6 Å². The van der Waals surface area contributed by atoms with Crippen molar-refractivity contribution >= 4 is 16.6 Å². The summed E-state index contributed by atoms with van der Waals surface area (Å²) in [5.41, 5.74) is -0.0999. The second-order valence-electron chi connectivity index (χ2n) is 4.79. The van der Waals surface area contributed by atoms with Crippen LogP contribution in [0.4, 0.5) is 8.78 Å². The number of Topliss-reactive ketones (excluding diaryl/α,β-unsaturated/α-hetero) is 1. The van der Waals surface area contributed by atoms with Crippen LogP contribution in [0.5, 0.6) is 0 Å². The molecule has 0 aliphatic heterocycles. The number of carbonyl (C=O) groups excluding carboxylic acids is 1. The zero-order chi connectivity index (χ0) is 14.8. The lowest BCUT2D eigenvalue weighted by atomic mass is 10.1. The summed E-state index contributed by atoms with van der Waals surface area (Å²) in [6.45, 7) is 0.00733. The van der Waals surface area contributed by atoms with Crippen molar-refractivity contribution in [2.75, 3.05) is 0 Å². The maximum absolute atomic E-state index is 13.6. The predicted molar refractivity (Wildman–Crippen MR) is 74.8 cm³/mol. The van der Waals surface area contributed by atoms with Gasteiger partial charge in [0.15, 0.2) is 12.4 Å². The van der Waals surface area contributed by atoms with Crippen molar-refractivity contribution in [3.8, 4) is 0 Å². The number of nitrogens with zero attached hydrogens (tertiary/aromatic N) is 1. The summed E-state index contributed by atoms with van der Waals surface area (Å²) in [4.78, 5) is 12.1. The molecule has 3 aromatic rings. The van der Waals surface area contributed by atoms with Crippen molar-refractivity contribution in [1.29, 1.82) is 0 Å². The summed E-state index contributed by atoms with van der Waals surface area (Å²) >= 11 is 0. The molecule has 0 fully saturated rings. The van der Waals surface area contributed by atoms with E-state index in [1.54, 1.807) is 10.8 Å². The lowest BCUT2D eigenvalue weighted by Gasteiger charge is -2.01. The predicted octanol–water partition coefficient (Wildman–Crippen LogP) is 3.29. The molecular weight excluding hydrogens is 272 g/mol. The molecular formula is C17H12F2NO+. The number of aromatic nitrogens is 1. The number of hydrogen-bond acceptors (Lipinski definition) is 1. The van der Waals surface area contributed by atoms with E-state index in [4.69, 9.17) is 0 Å². The van der Waals surface area contributed by atoms with Crippen LogP contribution in [0.3, 0.4) is 0 Å². The van der Waals surface area contributed by atoms with Gasteiger partial charge in [0.25, 0.3) is 0 Å². The third-order valence-electron chi connectivity index (χ3n) is 3.30. The molecule has 21 heavy (non-hydrogen) atoms. The van der Waals surface area contributed by atoms with Crippen LogP contribution in [0.15, 0.2) is 60.9 Å². The minimum atomic E-state index is -0.832. The van der Waals surface area contributed by atoms with Gasteiger partial charge in [-0.15, -0.1) is 0 Å². The Kier molecular flexibility index (Phi) is 3.44. The van der Waals surface area contributed by atoms with Crippen molar-refractivity contribution in [2.45, 2.75) is 6.54 Å². The largest absolute Gasteiger partial charge is 0.287 e. The van der Waals surface area contributed by atoms with Crippen molar-refractivity contribution in [3.63, 3.8) is 0 Å². The first-order valence-electron chi connectivity index (χ1n) is 6.49. The third kappa shape index (κ3) is 2.79. The van der Waals surface area contributed by atoms with Crippen LogP contribution in [0.2, 0.25) is 0 Å². The average molecular weight is 284 g/mol. The number of fused-ring (bicyclic) bond motifs is 1. The van der Waals surface area contributed by atoms with Gasteiger partial charge >= 0.3 is 0 Å². The highest BCUT2D eigenvalue weighted by Crippen LogP contribution is 2.12. The van der Waals surface area contributed by atoms with E-state index in [1.807, 2.05) is 36.5 Å². The highest BCUT2D eigenvalue weighted by Gasteiger charge is 2.17. The summed E-state index contributed by atoms with van der Waals surface area (Å²) in [6.07, 6.45) is 3.59. The van der Waals surface area contributed by atoms with Crippen LogP contribution in [-0.2, 0) is 6.54 Å². The Labute approximate surface area is 120 Å². The molecule has 3 rings (SSSR count). The van der Waals surface area contributed by atoms with Crippen LogP contribution in [-0.4, -0.2) is 5.78 Å². The van der Waals surface area contributed by atoms with Crippen molar-refractivity contribution in [2.24, 2.45) is 0 Å². The first-order chi connectivity index (χ1) is 10.1. The van der Waals surface area contributed by atoms with Crippen LogP contribution < -0.4 is 4.57 Å². The Morgan fingerprint density at radius 3 is 2.52 bits per heavy atom. The molecule has 0 bridgehead atoms. The van der Waals surface area contributed by atoms with Crippen molar-refractivity contribution in [1.82, 2.24) is 0 Å². The molecule has 2 nitrogen and oxygen atoms in total. The molecule has 0 aliphatic carbocycles. The van der Waals surface area contributed by atoms with Gasteiger partial charge in [0.05, 0.1) is 5.56 Å². The van der Waals surface area contributed by atoms with E-state index in [0.29, 0.717) is 0 Å². The molecule has 0 saturated carbocycles. The molecule has 1 aromatic heterocycles. The normalized spacial score (nSPS) is 10.8. The summed E-state index contributed by atoms with van der Waals surface area (Å²) < 4.78 is 28.1. The minimum Gasteiger partial charge on any atom is -0.287 e. The fourth-order valence-corrected chi connectivity index (χ4v) is 2.24. The number of halogens is 2. The standard InChI is InChI=1S/C17H12F2NO/c18-14-5-6-15(16(19)9-14)17(21)11-20-8-7-12-3-1-2-4-13(12)10-20/h1-10H,11H2/q+1. The molecule has 1 heterocycles. The number of ketones is 1. The fraction of sp³-hybridized carbons (Fsp3) is 0.0588. The summed E-state index contributed by atoms with van der Waals surface area (Å²) in [5, 5.41) is 2.06. The zero-order valence-corrected chi connectivity index (χ0v) is 11.1. The number of carbonyl (C=O) groups is 1. The average Bonchev–Trinajstić information content (AvgIpc) is 2.47. The number of hydrogen-bond donors (Lipinski definition) is 0. The van der Waals surface area contributed by atoms with Gasteiger partial charge in [0, 0.05) is 17.5 Å². The van der Waals surface area contributed by atoms with E-state index >= 15 is 0 Å². The van der Waals surface area contributed by atoms with Gasteiger partial charge in [0.1, 0.15) is 11.6 Å². The van der Waals surface area contributed by atoms with Crippen LogP contribution >= 0.6 is 0 Å². The monoisotopic (exact) mass is 284 g/mol. The van der Waals surface area contributed by atoms with Crippen LogP contribution in [0, 0.1) is 11.6 Å². The van der Waals surface area contributed by atoms with Crippen LogP contribution in [0.25, 0.3) is 10.8 Å². The number of pyridine rings is 1.